The van der Waals surface area contributed by atoms with Crippen LogP contribution in [0.25, 0.3) is 17.4 Å². The fourth-order valence-corrected chi connectivity index (χ4v) is 5.17. The quantitative estimate of drug-likeness (QED) is 0.424. The zero-order valence-electron chi connectivity index (χ0n) is 17.0. The van der Waals surface area contributed by atoms with E-state index in [0.29, 0.717) is 26.5 Å². The molecule has 1 fully saturated rings. The molecule has 5 nitrogen and oxygen atoms in total. The molecule has 0 radical (unpaired) electrons. The normalized spacial score (nSPS) is 17.9. The predicted octanol–water partition coefficient (Wildman–Crippen LogP) is 6.05. The van der Waals surface area contributed by atoms with Crippen LogP contribution in [0.1, 0.15) is 5.76 Å². The van der Waals surface area contributed by atoms with E-state index in [0.717, 1.165) is 36.9 Å². The number of thioether (sulfide) groups is 1. The summed E-state index contributed by atoms with van der Waals surface area (Å²) in [7, 11) is 0. The van der Waals surface area contributed by atoms with Gasteiger partial charge in [-0.05, 0) is 54.2 Å². The number of rotatable bonds is 3. The van der Waals surface area contributed by atoms with E-state index >= 15 is 0 Å². The molecule has 2 aliphatic heterocycles. The van der Waals surface area contributed by atoms with E-state index < -0.39 is 0 Å². The Labute approximate surface area is 200 Å². The fourth-order valence-electron chi connectivity index (χ4n) is 3.72. The Kier molecular flexibility index (Phi) is 6.00. The SMILES string of the molecule is O=C1N=C(N2CCN(c3ccccc3)CC2)S/C1=C\c1ccc(-c2ccc(Cl)cc2Cl)o1. The molecule has 1 aromatic heterocycles. The lowest BCUT2D eigenvalue weighted by molar-refractivity contribution is -0.113. The second-order valence-corrected chi connectivity index (χ2v) is 9.30. The van der Waals surface area contributed by atoms with Crippen LogP contribution < -0.4 is 4.90 Å². The van der Waals surface area contributed by atoms with Crippen molar-refractivity contribution in [2.75, 3.05) is 31.1 Å². The third-order valence-electron chi connectivity index (χ3n) is 5.38. The first-order chi connectivity index (χ1) is 15.6. The molecule has 8 heteroatoms. The summed E-state index contributed by atoms with van der Waals surface area (Å²) in [5, 5.41) is 1.83. The lowest BCUT2D eigenvalue weighted by atomic mass is 10.2. The summed E-state index contributed by atoms with van der Waals surface area (Å²) in [6.07, 6.45) is 1.73. The van der Waals surface area contributed by atoms with Gasteiger partial charge in [0.25, 0.3) is 5.91 Å². The minimum absolute atomic E-state index is 0.238. The van der Waals surface area contributed by atoms with Crippen LogP contribution in [0.15, 0.2) is 75.0 Å². The number of nitrogens with zero attached hydrogens (tertiary/aromatic N) is 3. The molecule has 32 heavy (non-hydrogen) atoms. The fraction of sp³-hybridized carbons (Fsp3) is 0.167. The van der Waals surface area contributed by atoms with Gasteiger partial charge < -0.3 is 14.2 Å². The van der Waals surface area contributed by atoms with E-state index in [1.54, 1.807) is 18.2 Å². The van der Waals surface area contributed by atoms with Gasteiger partial charge >= 0.3 is 0 Å². The van der Waals surface area contributed by atoms with Gasteiger partial charge in [-0.15, -0.1) is 0 Å². The van der Waals surface area contributed by atoms with Crippen molar-refractivity contribution in [2.45, 2.75) is 0 Å². The van der Waals surface area contributed by atoms with E-state index in [4.69, 9.17) is 27.6 Å². The summed E-state index contributed by atoms with van der Waals surface area (Å²) in [5.74, 6) is 0.956. The van der Waals surface area contributed by atoms with Crippen molar-refractivity contribution >= 4 is 57.8 Å². The maximum atomic E-state index is 12.5. The molecule has 0 N–H and O–H groups in total. The van der Waals surface area contributed by atoms with Crippen molar-refractivity contribution in [2.24, 2.45) is 4.99 Å². The predicted molar refractivity (Wildman–Crippen MR) is 132 cm³/mol. The van der Waals surface area contributed by atoms with E-state index in [9.17, 15) is 4.79 Å². The van der Waals surface area contributed by atoms with Crippen LogP contribution in [-0.2, 0) is 4.79 Å². The highest BCUT2D eigenvalue weighted by molar-refractivity contribution is 8.18. The third kappa shape index (κ3) is 4.44. The monoisotopic (exact) mass is 483 g/mol. The Morgan fingerprint density at radius 2 is 1.69 bits per heavy atom. The van der Waals surface area contributed by atoms with Gasteiger partial charge in [0.15, 0.2) is 5.17 Å². The van der Waals surface area contributed by atoms with E-state index in [1.165, 1.54) is 17.4 Å². The third-order valence-corrected chi connectivity index (χ3v) is 6.97. The summed E-state index contributed by atoms with van der Waals surface area (Å²) in [6, 6.07) is 19.3. The molecule has 0 saturated carbocycles. The molecule has 162 valence electrons. The number of hydrogen-bond donors (Lipinski definition) is 0. The van der Waals surface area contributed by atoms with Crippen LogP contribution in [-0.4, -0.2) is 42.2 Å². The molecule has 2 aliphatic rings. The summed E-state index contributed by atoms with van der Waals surface area (Å²) >= 11 is 13.6. The number of halogens is 2. The lowest BCUT2D eigenvalue weighted by Crippen LogP contribution is -2.47. The number of amidine groups is 1. The minimum atomic E-state index is -0.238. The highest BCUT2D eigenvalue weighted by atomic mass is 35.5. The number of carbonyl (C=O) groups excluding carboxylic acids is 1. The average Bonchev–Trinajstić information content (AvgIpc) is 3.41. The van der Waals surface area contributed by atoms with Crippen LogP contribution in [0, 0.1) is 0 Å². The van der Waals surface area contributed by atoms with Crippen molar-refractivity contribution in [1.82, 2.24) is 4.90 Å². The number of carbonyl (C=O) groups is 1. The van der Waals surface area contributed by atoms with Crippen LogP contribution >= 0.6 is 35.0 Å². The molecular weight excluding hydrogens is 465 g/mol. The Morgan fingerprint density at radius 3 is 2.44 bits per heavy atom. The van der Waals surface area contributed by atoms with Gasteiger partial charge in [0.2, 0.25) is 0 Å². The second kappa shape index (κ2) is 9.06. The molecule has 0 spiro atoms. The number of piperazine rings is 1. The topological polar surface area (TPSA) is 49.1 Å². The zero-order valence-corrected chi connectivity index (χ0v) is 19.3. The van der Waals surface area contributed by atoms with Gasteiger partial charge in [0.1, 0.15) is 11.5 Å². The lowest BCUT2D eigenvalue weighted by Gasteiger charge is -2.36. The highest BCUT2D eigenvalue weighted by Crippen LogP contribution is 2.34. The van der Waals surface area contributed by atoms with Crippen molar-refractivity contribution in [3.05, 3.63) is 81.4 Å². The Morgan fingerprint density at radius 1 is 0.938 bits per heavy atom. The van der Waals surface area contributed by atoms with Crippen LogP contribution in [0.2, 0.25) is 10.0 Å². The summed E-state index contributed by atoms with van der Waals surface area (Å²) in [5.41, 5.74) is 1.97. The van der Waals surface area contributed by atoms with Crippen molar-refractivity contribution in [3.63, 3.8) is 0 Å². The Bertz CT molecular complexity index is 1210. The smallest absolute Gasteiger partial charge is 0.286 e. The second-order valence-electron chi connectivity index (χ2n) is 7.45. The Hall–Kier alpha value is -2.67. The van der Waals surface area contributed by atoms with Crippen LogP contribution in [0.5, 0.6) is 0 Å². The van der Waals surface area contributed by atoms with Gasteiger partial charge in [-0.2, -0.15) is 4.99 Å². The first-order valence-electron chi connectivity index (χ1n) is 10.2. The zero-order chi connectivity index (χ0) is 22.1. The van der Waals surface area contributed by atoms with E-state index in [2.05, 4.69) is 39.1 Å². The number of furan rings is 1. The molecule has 0 atom stereocenters. The molecule has 0 aliphatic carbocycles. The maximum Gasteiger partial charge on any atom is 0.286 e. The molecule has 5 rings (SSSR count). The molecule has 0 unspecified atom stereocenters. The first-order valence-corrected chi connectivity index (χ1v) is 11.8. The van der Waals surface area contributed by atoms with Crippen molar-refractivity contribution in [3.8, 4) is 11.3 Å². The standard InChI is InChI=1S/C24H19Cl2N3O2S/c25-16-6-8-19(20(26)14-16)21-9-7-18(31-21)15-22-23(30)27-24(32-22)29-12-10-28(11-13-29)17-4-2-1-3-5-17/h1-9,14-15H,10-13H2/b22-15-. The van der Waals surface area contributed by atoms with Gasteiger partial charge in [-0.1, -0.05) is 41.4 Å². The van der Waals surface area contributed by atoms with Gasteiger partial charge in [0.05, 0.1) is 9.93 Å². The van der Waals surface area contributed by atoms with Crippen LogP contribution in [0.4, 0.5) is 5.69 Å². The minimum Gasteiger partial charge on any atom is -0.457 e. The summed E-state index contributed by atoms with van der Waals surface area (Å²) in [4.78, 5) is 21.8. The molecule has 0 bridgehead atoms. The van der Waals surface area contributed by atoms with E-state index in [1.807, 2.05) is 24.3 Å². The number of hydrogen-bond acceptors (Lipinski definition) is 5. The molecule has 3 heterocycles. The number of aliphatic imine (C=N–C) groups is 1. The molecule has 1 saturated heterocycles. The van der Waals surface area contributed by atoms with Crippen molar-refractivity contribution in [1.29, 1.82) is 0 Å². The largest absolute Gasteiger partial charge is 0.457 e. The average molecular weight is 484 g/mol. The highest BCUT2D eigenvalue weighted by Gasteiger charge is 2.29. The Balaban J connectivity index is 1.25. The molecule has 1 amide bonds. The summed E-state index contributed by atoms with van der Waals surface area (Å²) < 4.78 is 5.90. The number of amides is 1. The summed E-state index contributed by atoms with van der Waals surface area (Å²) in [6.45, 7) is 3.42. The van der Waals surface area contributed by atoms with Gasteiger partial charge in [-0.25, -0.2) is 0 Å². The molecule has 3 aromatic rings. The number of para-hydroxylation sites is 1. The van der Waals surface area contributed by atoms with E-state index in [-0.39, 0.29) is 5.91 Å². The van der Waals surface area contributed by atoms with Crippen molar-refractivity contribution < 1.29 is 9.21 Å². The maximum absolute atomic E-state index is 12.5. The van der Waals surface area contributed by atoms with Gasteiger partial charge in [-0.3, -0.25) is 4.79 Å². The molecular formula is C24H19Cl2N3O2S. The van der Waals surface area contributed by atoms with Crippen LogP contribution in [0.3, 0.4) is 0 Å². The first kappa shape index (κ1) is 21.2. The number of anilines is 1. The van der Waals surface area contributed by atoms with Gasteiger partial charge in [0, 0.05) is 48.5 Å². The number of benzene rings is 2. The molecule has 2 aromatic carbocycles.